The topological polar surface area (TPSA) is 400 Å². The summed E-state index contributed by atoms with van der Waals surface area (Å²) in [5.41, 5.74) is 2.53. The number of anilines is 1. The molecule has 0 aliphatic carbocycles. The lowest BCUT2D eigenvalue weighted by atomic mass is 9.94. The molecule has 0 bridgehead atoms. The second-order valence-corrected chi connectivity index (χ2v) is 21.5. The number of aliphatic hydroxyl groups excluding tert-OH is 3. The maximum absolute atomic E-state index is 14.9. The summed E-state index contributed by atoms with van der Waals surface area (Å²) < 4.78 is 0. The fraction of sp³-hybridized carbons (Fsp3) is 0.561. The van der Waals surface area contributed by atoms with Crippen LogP contribution in [0, 0.1) is 18.8 Å². The Morgan fingerprint density at radius 3 is 1.99 bits per heavy atom. The van der Waals surface area contributed by atoms with Crippen molar-refractivity contribution < 1.29 is 68.1 Å². The van der Waals surface area contributed by atoms with Crippen molar-refractivity contribution in [3.05, 3.63) is 59.7 Å². The van der Waals surface area contributed by atoms with Crippen LogP contribution in [0.15, 0.2) is 53.6 Å². The third-order valence-corrected chi connectivity index (χ3v) is 14.9. The van der Waals surface area contributed by atoms with Gasteiger partial charge in [0.15, 0.2) is 0 Å². The van der Waals surface area contributed by atoms with Crippen LogP contribution in [0.4, 0.5) is 5.69 Å². The van der Waals surface area contributed by atoms with Crippen LogP contribution in [0.3, 0.4) is 0 Å². The number of carbonyl (C=O) groups is 11. The molecule has 0 radical (unpaired) electrons. The standard InChI is InChI=1S/C52H73N13O14S.C3H8.C2H6/c1-7-26(2)44-49(77)57-22-42(72)60-36(25-80-51-27(3)33-10-8-9-11-34(33)62-51)47(75)61-35(17-39(69)54-18-30-12-14-31(15-13-30)59-46(74)29(5)58-41(71)19-53-6)52(79)65-23-32(67)16-37(65)48(76)64-45(28(4)38(68)24-66)50(78)56-20-40(70)55-21-43(73)63-44;1-3-2;1-2/h8-15,26,28-29,32,35-38,44-45,53,62,66-68H,7,16-25H2,1-6H3,(H,54,69)(H,55,70)(H,56,78)(H,57,77)(H,58,71)(H,59,74)(H,60,72)(H,61,75)(H,63,73)(H,64,76);3H2,1-2H3;1-2H3/t26?,28-,29?,32+,35?,36-,37?,38?,44?,45?;;/m0../s1. The number of likely N-dealkylation sites (N-methyl/N-ethyl adjacent to an activating group) is 1. The number of H-pyrrole nitrogens is 1. The van der Waals surface area contributed by atoms with Gasteiger partial charge in [0, 0.05) is 47.8 Å². The van der Waals surface area contributed by atoms with E-state index in [0.717, 1.165) is 33.1 Å². The molecule has 2 aliphatic rings. The normalized spacial score (nSPS) is 21.7. The third kappa shape index (κ3) is 22.4. The van der Waals surface area contributed by atoms with Gasteiger partial charge in [-0.05, 0) is 56.1 Å². The quantitative estimate of drug-likeness (QED) is 0.0697. The maximum atomic E-state index is 14.9. The zero-order valence-electron chi connectivity index (χ0n) is 50.1. The Kier molecular flexibility index (Phi) is 30.5. The van der Waals surface area contributed by atoms with Gasteiger partial charge in [-0.15, -0.1) is 11.8 Å². The number of nitrogens with zero attached hydrogens (tertiary/aromatic N) is 1. The van der Waals surface area contributed by atoms with Crippen LogP contribution in [0.5, 0.6) is 0 Å². The molecule has 7 unspecified atom stereocenters. The monoisotopic (exact) mass is 1210 g/mol. The van der Waals surface area contributed by atoms with Crippen molar-refractivity contribution in [2.75, 3.05) is 57.4 Å². The molecule has 3 aromatic rings. The van der Waals surface area contributed by atoms with Crippen LogP contribution in [0.1, 0.15) is 92.2 Å². The SMILES string of the molecule is CC.CCC.CCC(C)C1NC(=O)CNC(=O)CNC(=O)C([C@@H](C)C(O)CO)NC(=O)C2C[C@@H](O)CN2C(=O)C(CC(=O)NCc2ccc(NC(=O)C(C)NC(=O)CNC)cc2)NC(=O)[C@H](CSc2[nH]c3ccccc3c2C)NC(=O)CNC1=O. The number of nitrogens with one attached hydrogen (secondary N) is 12. The van der Waals surface area contributed by atoms with Gasteiger partial charge in [-0.2, -0.15) is 0 Å². The zero-order chi connectivity index (χ0) is 63.5. The predicted octanol–water partition coefficient (Wildman–Crippen LogP) is -1.32. The first-order chi connectivity index (χ1) is 40.4. The van der Waals surface area contributed by atoms with Crippen molar-refractivity contribution in [2.45, 2.75) is 148 Å². The highest BCUT2D eigenvalue weighted by molar-refractivity contribution is 7.99. The van der Waals surface area contributed by atoms with E-state index >= 15 is 0 Å². The molecule has 2 saturated heterocycles. The molecule has 1 aromatic heterocycles. The largest absolute Gasteiger partial charge is 0.394 e. The van der Waals surface area contributed by atoms with E-state index in [4.69, 9.17) is 0 Å². The van der Waals surface area contributed by atoms with Gasteiger partial charge in [0.2, 0.25) is 65.0 Å². The Morgan fingerprint density at radius 2 is 1.36 bits per heavy atom. The van der Waals surface area contributed by atoms with E-state index in [2.05, 4.69) is 77.3 Å². The molecule has 85 heavy (non-hydrogen) atoms. The molecule has 2 aliphatic heterocycles. The van der Waals surface area contributed by atoms with Crippen molar-refractivity contribution in [3.8, 4) is 0 Å². The van der Waals surface area contributed by atoms with E-state index in [1.54, 1.807) is 45.2 Å². The fourth-order valence-electron chi connectivity index (χ4n) is 8.70. The molecule has 0 spiro atoms. The summed E-state index contributed by atoms with van der Waals surface area (Å²) in [7, 11) is 1.59. The van der Waals surface area contributed by atoms with E-state index in [1.165, 1.54) is 20.3 Å². The highest BCUT2D eigenvalue weighted by Gasteiger charge is 2.44. The number of aryl methyl sites for hydroxylation is 1. The summed E-state index contributed by atoms with van der Waals surface area (Å²) in [4.78, 5) is 154. The first-order valence-corrected chi connectivity index (χ1v) is 29.5. The Balaban J connectivity index is 0.00000366. The van der Waals surface area contributed by atoms with Gasteiger partial charge in [-0.3, -0.25) is 52.7 Å². The second kappa shape index (κ2) is 36.2. The minimum Gasteiger partial charge on any atom is -0.394 e. The summed E-state index contributed by atoms with van der Waals surface area (Å²) in [6.45, 7) is 12.8. The fourth-order valence-corrected chi connectivity index (χ4v) is 9.78. The number of fused-ring (bicyclic) bond motifs is 2. The number of carbonyl (C=O) groups excluding carboxylic acids is 11. The lowest BCUT2D eigenvalue weighted by molar-refractivity contribution is -0.144. The Labute approximate surface area is 499 Å². The predicted molar refractivity (Wildman–Crippen MR) is 319 cm³/mol. The highest BCUT2D eigenvalue weighted by Crippen LogP contribution is 2.29. The molecule has 5 rings (SSSR count). The number of aliphatic hydroxyl groups is 3. The lowest BCUT2D eigenvalue weighted by Gasteiger charge is -2.32. The van der Waals surface area contributed by atoms with Crippen LogP contribution < -0.4 is 58.5 Å². The summed E-state index contributed by atoms with van der Waals surface area (Å²) in [5, 5.41) is 60.9. The van der Waals surface area contributed by atoms with Gasteiger partial charge in [0.05, 0.1) is 56.4 Å². The Hall–Kier alpha value is -7.66. The lowest BCUT2D eigenvalue weighted by Crippen LogP contribution is -2.61. The molecule has 2 fully saturated rings. The van der Waals surface area contributed by atoms with Crippen molar-refractivity contribution in [1.29, 1.82) is 0 Å². The average molecular weight is 1210 g/mol. The number of rotatable bonds is 17. The van der Waals surface area contributed by atoms with Gasteiger partial charge in [-0.1, -0.05) is 91.6 Å². The van der Waals surface area contributed by atoms with E-state index in [9.17, 15) is 68.1 Å². The van der Waals surface area contributed by atoms with Crippen molar-refractivity contribution in [3.63, 3.8) is 0 Å². The molecular formula is C57H87N13O14S. The molecule has 470 valence electrons. The van der Waals surface area contributed by atoms with Crippen LogP contribution >= 0.6 is 11.8 Å². The first kappa shape index (κ1) is 71.6. The summed E-state index contributed by atoms with van der Waals surface area (Å²) in [5.74, 6) is -10.9. The number of thioether (sulfide) groups is 1. The van der Waals surface area contributed by atoms with Gasteiger partial charge >= 0.3 is 0 Å². The Morgan fingerprint density at radius 1 is 0.753 bits per heavy atom. The van der Waals surface area contributed by atoms with Crippen molar-refractivity contribution >= 4 is 93.3 Å². The van der Waals surface area contributed by atoms with Gasteiger partial charge in [0.1, 0.15) is 36.3 Å². The van der Waals surface area contributed by atoms with Gasteiger partial charge in [0.25, 0.3) is 0 Å². The minimum absolute atomic E-state index is 0.0123. The molecule has 28 heteroatoms. The Bertz CT molecular complexity index is 2770. The maximum Gasteiger partial charge on any atom is 0.246 e. The number of hydrogen-bond donors (Lipinski definition) is 15. The van der Waals surface area contributed by atoms with Crippen LogP contribution in [0.2, 0.25) is 0 Å². The van der Waals surface area contributed by atoms with Crippen LogP contribution in [-0.2, 0) is 59.3 Å². The highest BCUT2D eigenvalue weighted by atomic mass is 32.2. The smallest absolute Gasteiger partial charge is 0.246 e. The van der Waals surface area contributed by atoms with Gasteiger partial charge < -0.3 is 83.7 Å². The molecule has 10 atom stereocenters. The number of para-hydroxylation sites is 1. The number of benzene rings is 2. The number of aromatic amines is 1. The van der Waals surface area contributed by atoms with Crippen LogP contribution in [-0.4, -0.2) is 191 Å². The van der Waals surface area contributed by atoms with E-state index in [0.29, 0.717) is 22.7 Å². The first-order valence-electron chi connectivity index (χ1n) is 28.5. The van der Waals surface area contributed by atoms with E-state index < -0.39 is 165 Å². The van der Waals surface area contributed by atoms with Crippen molar-refractivity contribution in [1.82, 2.24) is 63.1 Å². The average Bonchev–Trinajstić information content (AvgIpc) is 4.06. The van der Waals surface area contributed by atoms with Crippen molar-refractivity contribution in [2.24, 2.45) is 11.8 Å². The summed E-state index contributed by atoms with van der Waals surface area (Å²) in [6.07, 6.45) is -2.47. The molecule has 0 saturated carbocycles. The number of aromatic nitrogens is 1. The third-order valence-electron chi connectivity index (χ3n) is 13.7. The second-order valence-electron chi connectivity index (χ2n) is 20.4. The minimum atomic E-state index is -1.80. The molecular weight excluding hydrogens is 1120 g/mol. The zero-order valence-corrected chi connectivity index (χ0v) is 50.9. The molecule has 27 nitrogen and oxygen atoms in total. The van der Waals surface area contributed by atoms with Gasteiger partial charge in [-0.25, -0.2) is 0 Å². The molecule has 2 aromatic carbocycles. The number of amides is 11. The molecule has 15 N–H and O–H groups in total. The summed E-state index contributed by atoms with van der Waals surface area (Å²) >= 11 is 1.15. The molecule has 3 heterocycles. The van der Waals surface area contributed by atoms with Crippen LogP contribution in [0.25, 0.3) is 10.9 Å². The van der Waals surface area contributed by atoms with E-state index in [1.807, 2.05) is 45.0 Å². The molecule has 11 amide bonds. The van der Waals surface area contributed by atoms with E-state index in [-0.39, 0.29) is 24.7 Å². The summed E-state index contributed by atoms with van der Waals surface area (Å²) in [6, 6.07) is 5.16. The number of hydrogen-bond acceptors (Lipinski definition) is 16.